The van der Waals surface area contributed by atoms with Crippen LogP contribution in [0.15, 0.2) is 24.5 Å². The van der Waals surface area contributed by atoms with E-state index in [2.05, 4.69) is 24.1 Å². The number of nitrogens with zero attached hydrogens (tertiary/aromatic N) is 2. The first-order valence-corrected chi connectivity index (χ1v) is 6.68. The van der Waals surface area contributed by atoms with Crippen molar-refractivity contribution in [2.45, 2.75) is 39.0 Å². The normalized spacial score (nSPS) is 22.5. The fourth-order valence-electron chi connectivity index (χ4n) is 2.44. The van der Waals surface area contributed by atoms with Gasteiger partial charge in [-0.15, -0.1) is 24.8 Å². The largest absolute Gasteiger partial charge is 0.479 e. The molecule has 1 fully saturated rings. The molecule has 1 aromatic rings. The van der Waals surface area contributed by atoms with Crippen molar-refractivity contribution in [2.75, 3.05) is 13.1 Å². The quantitative estimate of drug-likeness (QED) is 0.916. The van der Waals surface area contributed by atoms with Gasteiger partial charge in [-0.1, -0.05) is 0 Å². The summed E-state index contributed by atoms with van der Waals surface area (Å²) in [4.78, 5) is 18.2. The molecule has 5 nitrogen and oxygen atoms in total. The molecule has 0 bridgehead atoms. The van der Waals surface area contributed by atoms with Gasteiger partial charge in [0.05, 0.1) is 6.20 Å². The van der Waals surface area contributed by atoms with E-state index in [-0.39, 0.29) is 30.7 Å². The van der Waals surface area contributed by atoms with Crippen molar-refractivity contribution < 1.29 is 9.53 Å². The Hall–Kier alpha value is -1.04. The van der Waals surface area contributed by atoms with Crippen LogP contribution in [0, 0.1) is 0 Å². The number of carbonyl (C=O) groups is 1. The predicted octanol–water partition coefficient (Wildman–Crippen LogP) is 1.90. The monoisotopic (exact) mass is 335 g/mol. The zero-order valence-corrected chi connectivity index (χ0v) is 14.1. The summed E-state index contributed by atoms with van der Waals surface area (Å²) in [6.45, 7) is 7.41. The molecule has 1 aliphatic rings. The highest BCUT2D eigenvalue weighted by Crippen LogP contribution is 2.12. The molecule has 1 aliphatic heterocycles. The molecule has 1 amide bonds. The molecule has 2 heterocycles. The maximum atomic E-state index is 12.3. The van der Waals surface area contributed by atoms with Crippen LogP contribution in [0.4, 0.5) is 0 Å². The number of aromatic nitrogens is 1. The highest BCUT2D eigenvalue weighted by atomic mass is 35.5. The second-order valence-corrected chi connectivity index (χ2v) is 5.16. The van der Waals surface area contributed by atoms with Gasteiger partial charge in [0.2, 0.25) is 0 Å². The van der Waals surface area contributed by atoms with Gasteiger partial charge in [-0.05, 0) is 32.9 Å². The fourth-order valence-corrected chi connectivity index (χ4v) is 2.44. The molecule has 3 atom stereocenters. The molecule has 3 unspecified atom stereocenters. The fraction of sp³-hybridized carbons (Fsp3) is 0.571. The summed E-state index contributed by atoms with van der Waals surface area (Å²) in [5.41, 5.74) is 0. The summed E-state index contributed by atoms with van der Waals surface area (Å²) in [7, 11) is 0. The van der Waals surface area contributed by atoms with Gasteiger partial charge < -0.3 is 15.0 Å². The maximum Gasteiger partial charge on any atom is 0.263 e. The average molecular weight is 336 g/mol. The van der Waals surface area contributed by atoms with Crippen LogP contribution < -0.4 is 10.1 Å². The molecule has 21 heavy (non-hydrogen) atoms. The van der Waals surface area contributed by atoms with Gasteiger partial charge in [0.25, 0.3) is 5.91 Å². The number of halogens is 2. The van der Waals surface area contributed by atoms with Crippen molar-refractivity contribution in [1.82, 2.24) is 15.2 Å². The summed E-state index contributed by atoms with van der Waals surface area (Å²) in [6.07, 6.45) is 2.81. The summed E-state index contributed by atoms with van der Waals surface area (Å²) >= 11 is 0. The lowest BCUT2D eigenvalue weighted by Gasteiger charge is -2.37. The molecule has 2 rings (SSSR count). The van der Waals surface area contributed by atoms with Crippen molar-refractivity contribution >= 4 is 30.7 Å². The molecule has 0 saturated carbocycles. The van der Waals surface area contributed by atoms with Gasteiger partial charge >= 0.3 is 0 Å². The number of ether oxygens (including phenoxy) is 1. The zero-order valence-electron chi connectivity index (χ0n) is 12.5. The summed E-state index contributed by atoms with van der Waals surface area (Å²) in [6, 6.07) is 4.23. The van der Waals surface area contributed by atoms with E-state index in [1.165, 1.54) is 0 Å². The summed E-state index contributed by atoms with van der Waals surface area (Å²) in [5, 5.41) is 3.41. The number of hydrogen-bond donors (Lipinski definition) is 1. The van der Waals surface area contributed by atoms with Gasteiger partial charge in [-0.3, -0.25) is 9.78 Å². The first-order valence-electron chi connectivity index (χ1n) is 6.68. The van der Waals surface area contributed by atoms with Crippen LogP contribution in [-0.2, 0) is 4.79 Å². The van der Waals surface area contributed by atoms with Crippen LogP contribution in [0.3, 0.4) is 0 Å². The molecule has 1 aromatic heterocycles. The molecule has 1 N–H and O–H groups in total. The van der Waals surface area contributed by atoms with E-state index in [0.29, 0.717) is 17.8 Å². The number of piperazine rings is 1. The smallest absolute Gasteiger partial charge is 0.263 e. The standard InChI is InChI=1S/C14H21N3O2.2ClH/c1-10-8-17(9-11(2)16-10)14(18)12(3)19-13-5-4-6-15-7-13;;/h4-7,10-12,16H,8-9H2,1-3H3;2*1H. The third-order valence-electron chi connectivity index (χ3n) is 3.16. The molecule has 120 valence electrons. The maximum absolute atomic E-state index is 12.3. The van der Waals surface area contributed by atoms with Crippen molar-refractivity contribution in [3.05, 3.63) is 24.5 Å². The number of amides is 1. The van der Waals surface area contributed by atoms with Gasteiger partial charge in [-0.2, -0.15) is 0 Å². The number of nitrogens with one attached hydrogen (secondary N) is 1. The molecule has 0 spiro atoms. The average Bonchev–Trinajstić information content (AvgIpc) is 2.37. The highest BCUT2D eigenvalue weighted by Gasteiger charge is 2.28. The molecular weight excluding hydrogens is 313 g/mol. The minimum atomic E-state index is -0.485. The number of carbonyl (C=O) groups excluding carboxylic acids is 1. The van der Waals surface area contributed by atoms with Gasteiger partial charge in [0.1, 0.15) is 5.75 Å². The molecule has 1 saturated heterocycles. The van der Waals surface area contributed by atoms with Crippen LogP contribution >= 0.6 is 24.8 Å². The Bertz CT molecular complexity index is 423. The Morgan fingerprint density at radius 3 is 2.52 bits per heavy atom. The summed E-state index contributed by atoms with van der Waals surface area (Å²) < 4.78 is 5.63. The molecular formula is C14H23Cl2N3O2. The third-order valence-corrected chi connectivity index (χ3v) is 3.16. The van der Waals surface area contributed by atoms with E-state index < -0.39 is 6.10 Å². The second kappa shape index (κ2) is 9.07. The minimum absolute atomic E-state index is 0. The lowest BCUT2D eigenvalue weighted by Crippen LogP contribution is -2.57. The Balaban J connectivity index is 0.00000200. The summed E-state index contributed by atoms with van der Waals surface area (Å²) in [5.74, 6) is 0.656. The molecule has 0 aliphatic carbocycles. The Kier molecular flexibility index (Phi) is 8.63. The Morgan fingerprint density at radius 2 is 2.00 bits per heavy atom. The number of hydrogen-bond acceptors (Lipinski definition) is 4. The second-order valence-electron chi connectivity index (χ2n) is 5.16. The van der Waals surface area contributed by atoms with Crippen LogP contribution in [0.2, 0.25) is 0 Å². The SMILES string of the molecule is CC1CN(C(=O)C(C)Oc2cccnc2)CC(C)N1.Cl.Cl. The van der Waals surface area contributed by atoms with Crippen molar-refractivity contribution in [3.63, 3.8) is 0 Å². The van der Waals surface area contributed by atoms with Crippen LogP contribution in [0.5, 0.6) is 5.75 Å². The van der Waals surface area contributed by atoms with E-state index in [1.807, 2.05) is 4.90 Å². The van der Waals surface area contributed by atoms with Gasteiger partial charge in [0, 0.05) is 31.4 Å². The van der Waals surface area contributed by atoms with E-state index in [0.717, 1.165) is 13.1 Å². The van der Waals surface area contributed by atoms with Crippen molar-refractivity contribution in [2.24, 2.45) is 0 Å². The van der Waals surface area contributed by atoms with Crippen molar-refractivity contribution in [1.29, 1.82) is 0 Å². The van der Waals surface area contributed by atoms with Gasteiger partial charge in [-0.25, -0.2) is 0 Å². The zero-order chi connectivity index (χ0) is 13.8. The predicted molar refractivity (Wildman–Crippen MR) is 87.5 cm³/mol. The van der Waals surface area contributed by atoms with Crippen LogP contribution in [-0.4, -0.2) is 47.1 Å². The topological polar surface area (TPSA) is 54.5 Å². The Labute approximate surface area is 138 Å². The lowest BCUT2D eigenvalue weighted by atomic mass is 10.1. The minimum Gasteiger partial charge on any atom is -0.479 e. The first-order chi connectivity index (χ1) is 9.06. The van der Waals surface area contributed by atoms with Crippen LogP contribution in [0.1, 0.15) is 20.8 Å². The van der Waals surface area contributed by atoms with E-state index in [4.69, 9.17) is 4.74 Å². The third kappa shape index (κ3) is 5.69. The number of rotatable bonds is 3. The van der Waals surface area contributed by atoms with Crippen molar-refractivity contribution in [3.8, 4) is 5.75 Å². The van der Waals surface area contributed by atoms with E-state index in [1.54, 1.807) is 31.5 Å². The van der Waals surface area contributed by atoms with Gasteiger partial charge in [0.15, 0.2) is 6.10 Å². The molecule has 0 aromatic carbocycles. The lowest BCUT2D eigenvalue weighted by molar-refractivity contribution is -0.139. The van der Waals surface area contributed by atoms with E-state index >= 15 is 0 Å². The highest BCUT2D eigenvalue weighted by molar-refractivity contribution is 5.85. The molecule has 0 radical (unpaired) electrons. The Morgan fingerprint density at radius 1 is 1.38 bits per heavy atom. The molecule has 7 heteroatoms. The van der Waals surface area contributed by atoms with E-state index in [9.17, 15) is 4.79 Å². The van der Waals surface area contributed by atoms with Crippen LogP contribution in [0.25, 0.3) is 0 Å². The first kappa shape index (κ1) is 20.0. The number of pyridine rings is 1.